The molecule has 0 spiro atoms. The third-order valence-electron chi connectivity index (χ3n) is 3.51. The van der Waals surface area contributed by atoms with Crippen molar-refractivity contribution in [1.29, 1.82) is 0 Å². The number of carbonyl (C=O) groups is 1. The molecule has 1 aromatic carbocycles. The number of ether oxygens (including phenoxy) is 2. The number of anilines is 1. The summed E-state index contributed by atoms with van der Waals surface area (Å²) in [5, 5.41) is 0.279. The molecule has 134 valence electrons. The van der Waals surface area contributed by atoms with Crippen LogP contribution < -0.4 is 4.90 Å². The summed E-state index contributed by atoms with van der Waals surface area (Å²) < 4.78 is 38.2. The van der Waals surface area contributed by atoms with Gasteiger partial charge in [0.05, 0.1) is 4.70 Å². The Morgan fingerprint density at radius 3 is 2.76 bits per heavy atom. The Labute approximate surface area is 147 Å². The van der Waals surface area contributed by atoms with E-state index in [1.165, 1.54) is 17.2 Å². The van der Waals surface area contributed by atoms with Crippen molar-refractivity contribution < 1.29 is 23.0 Å². The molecule has 0 unspecified atom stereocenters. The Morgan fingerprint density at radius 1 is 1.28 bits per heavy atom. The fourth-order valence-corrected chi connectivity index (χ4v) is 3.29. The fourth-order valence-electron chi connectivity index (χ4n) is 2.26. The van der Waals surface area contributed by atoms with Gasteiger partial charge in [-0.05, 0) is 20.2 Å². The number of hydrogen-bond acceptors (Lipinski definition) is 6. The van der Waals surface area contributed by atoms with E-state index in [0.29, 0.717) is 24.4 Å². The summed E-state index contributed by atoms with van der Waals surface area (Å²) in [7, 11) is 3.74. The first-order chi connectivity index (χ1) is 12.0. The molecule has 0 N–H and O–H groups in total. The van der Waals surface area contributed by atoms with Gasteiger partial charge in [-0.2, -0.15) is 0 Å². The molecule has 1 amide bonds. The second-order valence-electron chi connectivity index (χ2n) is 5.69. The van der Waals surface area contributed by atoms with E-state index in [1.54, 1.807) is 0 Å². The predicted molar refractivity (Wildman–Crippen MR) is 90.4 cm³/mol. The summed E-state index contributed by atoms with van der Waals surface area (Å²) in [5.41, 5.74) is 0.0406. The zero-order valence-corrected chi connectivity index (χ0v) is 14.6. The van der Waals surface area contributed by atoms with Crippen LogP contribution in [-0.4, -0.2) is 56.2 Å². The number of likely N-dealkylation sites (N-methyl/N-ethyl adjacent to an activating group) is 1. The minimum absolute atomic E-state index is 0.0406. The van der Waals surface area contributed by atoms with Crippen molar-refractivity contribution in [3.05, 3.63) is 35.8 Å². The highest BCUT2D eigenvalue weighted by Crippen LogP contribution is 2.32. The van der Waals surface area contributed by atoms with E-state index in [1.807, 2.05) is 19.0 Å². The monoisotopic (exact) mass is 369 g/mol. The first-order valence-electron chi connectivity index (χ1n) is 7.62. The number of hydrogen-bond donors (Lipinski definition) is 0. The van der Waals surface area contributed by atoms with E-state index in [2.05, 4.69) is 4.98 Å². The molecular weight excluding hydrogens is 352 g/mol. The molecule has 2 aromatic rings. The highest BCUT2D eigenvalue weighted by atomic mass is 32.1. The van der Waals surface area contributed by atoms with Crippen molar-refractivity contribution in [3.63, 3.8) is 0 Å². The molecule has 0 atom stereocenters. The van der Waals surface area contributed by atoms with Gasteiger partial charge in [-0.15, -0.1) is 0 Å². The van der Waals surface area contributed by atoms with Gasteiger partial charge in [0.2, 0.25) is 5.76 Å². The minimum Gasteiger partial charge on any atom is -0.494 e. The molecule has 0 aliphatic carbocycles. The van der Waals surface area contributed by atoms with Gasteiger partial charge < -0.3 is 14.4 Å². The zero-order chi connectivity index (χ0) is 18.0. The molecule has 0 radical (unpaired) electrons. The van der Waals surface area contributed by atoms with Gasteiger partial charge >= 0.3 is 0 Å². The molecule has 1 aliphatic rings. The summed E-state index contributed by atoms with van der Waals surface area (Å²) in [6.07, 6.45) is 1.27. The summed E-state index contributed by atoms with van der Waals surface area (Å²) in [5.74, 6) is -1.80. The van der Waals surface area contributed by atoms with Crippen LogP contribution in [0.4, 0.5) is 13.9 Å². The highest BCUT2D eigenvalue weighted by molar-refractivity contribution is 7.22. The SMILES string of the molecule is CN(C)CCN(C(=O)C1=COCCO1)c1nc2c(F)cc(F)cc2s1. The van der Waals surface area contributed by atoms with Crippen molar-refractivity contribution in [2.75, 3.05) is 45.3 Å². The van der Waals surface area contributed by atoms with Crippen LogP contribution in [0.25, 0.3) is 10.2 Å². The molecule has 6 nitrogen and oxygen atoms in total. The van der Waals surface area contributed by atoms with E-state index >= 15 is 0 Å². The second-order valence-corrected chi connectivity index (χ2v) is 6.70. The van der Waals surface area contributed by atoms with Gasteiger partial charge in [0, 0.05) is 19.2 Å². The molecule has 0 saturated heterocycles. The van der Waals surface area contributed by atoms with Crippen LogP contribution in [0.15, 0.2) is 24.2 Å². The maximum absolute atomic E-state index is 13.9. The van der Waals surface area contributed by atoms with Gasteiger partial charge in [-0.1, -0.05) is 11.3 Å². The lowest BCUT2D eigenvalue weighted by Crippen LogP contribution is -2.38. The lowest BCUT2D eigenvalue weighted by molar-refractivity contribution is -0.119. The summed E-state index contributed by atoms with van der Waals surface area (Å²) >= 11 is 1.05. The van der Waals surface area contributed by atoms with Gasteiger partial charge in [0.1, 0.15) is 30.8 Å². The van der Waals surface area contributed by atoms with Crippen LogP contribution in [0.5, 0.6) is 0 Å². The Balaban J connectivity index is 1.97. The van der Waals surface area contributed by atoms with Crippen LogP contribution in [0.3, 0.4) is 0 Å². The number of amides is 1. The molecule has 9 heteroatoms. The average Bonchev–Trinajstić information content (AvgIpc) is 2.99. The standard InChI is InChI=1S/C16H17F2N3O3S/c1-20(2)3-4-21(15(22)12-9-23-5-6-24-12)16-19-14-11(18)7-10(17)8-13(14)25-16/h7-9H,3-6H2,1-2H3. The molecule has 2 heterocycles. The summed E-state index contributed by atoms with van der Waals surface area (Å²) in [6.45, 7) is 1.53. The Morgan fingerprint density at radius 2 is 2.08 bits per heavy atom. The maximum Gasteiger partial charge on any atom is 0.298 e. The molecule has 25 heavy (non-hydrogen) atoms. The smallest absolute Gasteiger partial charge is 0.298 e. The molecule has 0 saturated carbocycles. The first kappa shape index (κ1) is 17.6. The van der Waals surface area contributed by atoms with Crippen molar-refractivity contribution in [2.24, 2.45) is 0 Å². The normalized spacial score (nSPS) is 14.2. The summed E-state index contributed by atoms with van der Waals surface area (Å²) in [4.78, 5) is 20.3. The van der Waals surface area contributed by atoms with Crippen molar-refractivity contribution in [2.45, 2.75) is 0 Å². The number of fused-ring (bicyclic) bond motifs is 1. The second kappa shape index (κ2) is 7.32. The van der Waals surface area contributed by atoms with E-state index in [4.69, 9.17) is 9.47 Å². The minimum atomic E-state index is -0.756. The van der Waals surface area contributed by atoms with Crippen LogP contribution in [-0.2, 0) is 14.3 Å². The molecule has 1 aliphatic heterocycles. The first-order valence-corrected chi connectivity index (χ1v) is 8.44. The quantitative estimate of drug-likeness (QED) is 0.810. The van der Waals surface area contributed by atoms with E-state index < -0.39 is 17.5 Å². The zero-order valence-electron chi connectivity index (χ0n) is 13.8. The number of rotatable bonds is 5. The highest BCUT2D eigenvalue weighted by Gasteiger charge is 2.26. The largest absolute Gasteiger partial charge is 0.494 e. The van der Waals surface area contributed by atoms with E-state index in [0.717, 1.165) is 17.4 Å². The summed E-state index contributed by atoms with van der Waals surface area (Å²) in [6, 6.07) is 1.98. The Hall–Kier alpha value is -2.26. The number of benzene rings is 1. The van der Waals surface area contributed by atoms with Crippen LogP contribution in [0, 0.1) is 11.6 Å². The molecule has 3 rings (SSSR count). The van der Waals surface area contributed by atoms with Crippen LogP contribution in [0.1, 0.15) is 0 Å². The molecule has 1 aromatic heterocycles. The topological polar surface area (TPSA) is 54.9 Å². The predicted octanol–water partition coefficient (Wildman–Crippen LogP) is 2.36. The number of aromatic nitrogens is 1. The number of halogens is 2. The fraction of sp³-hybridized carbons (Fsp3) is 0.375. The van der Waals surface area contributed by atoms with Crippen LogP contribution >= 0.6 is 11.3 Å². The van der Waals surface area contributed by atoms with E-state index in [-0.39, 0.29) is 23.0 Å². The lowest BCUT2D eigenvalue weighted by atomic mass is 10.3. The number of carbonyl (C=O) groups excluding carboxylic acids is 1. The molecule has 0 fully saturated rings. The third-order valence-corrected chi connectivity index (χ3v) is 4.53. The number of thiazole rings is 1. The van der Waals surface area contributed by atoms with Crippen molar-refractivity contribution >= 4 is 32.6 Å². The third kappa shape index (κ3) is 3.88. The van der Waals surface area contributed by atoms with E-state index in [9.17, 15) is 13.6 Å². The van der Waals surface area contributed by atoms with Crippen molar-refractivity contribution in [3.8, 4) is 0 Å². The van der Waals surface area contributed by atoms with Gasteiger partial charge in [-0.25, -0.2) is 13.8 Å². The molecular formula is C16H17F2N3O3S. The maximum atomic E-state index is 13.9. The molecule has 0 bridgehead atoms. The van der Waals surface area contributed by atoms with Crippen molar-refractivity contribution in [1.82, 2.24) is 9.88 Å². The Bertz CT molecular complexity index is 822. The van der Waals surface area contributed by atoms with Gasteiger partial charge in [0.15, 0.2) is 10.9 Å². The lowest BCUT2D eigenvalue weighted by Gasteiger charge is -2.24. The van der Waals surface area contributed by atoms with Gasteiger partial charge in [0.25, 0.3) is 5.91 Å². The average molecular weight is 369 g/mol. The number of nitrogens with zero attached hydrogens (tertiary/aromatic N) is 3. The van der Waals surface area contributed by atoms with Gasteiger partial charge in [-0.3, -0.25) is 9.69 Å². The van der Waals surface area contributed by atoms with Crippen LogP contribution in [0.2, 0.25) is 0 Å². The Kier molecular flexibility index (Phi) is 5.14.